The van der Waals surface area contributed by atoms with E-state index in [0.717, 1.165) is 0 Å². The Morgan fingerprint density at radius 3 is 1.73 bits per heavy atom. The van der Waals surface area contributed by atoms with E-state index >= 15 is 0 Å². The molecular weight excluding hydrogens is 266 g/mol. The van der Waals surface area contributed by atoms with Crippen LogP contribution in [-0.2, 0) is 0 Å². The highest BCUT2D eigenvalue weighted by molar-refractivity contribution is 5.39. The van der Waals surface area contributed by atoms with Gasteiger partial charge in [-0.15, -0.1) is 0 Å². The molecule has 0 bridgehead atoms. The van der Waals surface area contributed by atoms with Crippen molar-refractivity contribution in [3.05, 3.63) is 82.9 Å². The summed E-state index contributed by atoms with van der Waals surface area (Å²) in [5.41, 5.74) is 5.95. The Morgan fingerprint density at radius 1 is 0.864 bits per heavy atom. The second-order valence-corrected chi connectivity index (χ2v) is 6.21. The minimum atomic E-state index is 0.361. The van der Waals surface area contributed by atoms with Gasteiger partial charge in [-0.2, -0.15) is 0 Å². The van der Waals surface area contributed by atoms with Gasteiger partial charge in [-0.05, 0) is 44.4 Å². The van der Waals surface area contributed by atoms with Crippen LogP contribution in [0.5, 0.6) is 0 Å². The van der Waals surface area contributed by atoms with Crippen molar-refractivity contribution in [3.8, 4) is 0 Å². The fourth-order valence-electron chi connectivity index (χ4n) is 3.50. The molecule has 2 aromatic carbocycles. The predicted molar refractivity (Wildman–Crippen MR) is 94.1 cm³/mol. The van der Waals surface area contributed by atoms with Crippen LogP contribution in [-0.4, -0.2) is 13.1 Å². The zero-order chi connectivity index (χ0) is 15.4. The largest absolute Gasteiger partial charge is 0.312 e. The maximum absolute atomic E-state index is 3.59. The highest BCUT2D eigenvalue weighted by Crippen LogP contribution is 2.36. The van der Waals surface area contributed by atoms with E-state index in [-0.39, 0.29) is 0 Å². The zero-order valence-corrected chi connectivity index (χ0v) is 13.5. The molecule has 0 radical (unpaired) electrons. The van der Waals surface area contributed by atoms with Crippen LogP contribution in [0.1, 0.15) is 43.2 Å². The number of hydrogen-bond acceptors (Lipinski definition) is 1. The molecule has 1 fully saturated rings. The summed E-state index contributed by atoms with van der Waals surface area (Å²) in [5.74, 6) is 0.362. The lowest BCUT2D eigenvalue weighted by atomic mass is 9.77. The van der Waals surface area contributed by atoms with Crippen molar-refractivity contribution in [1.29, 1.82) is 0 Å². The number of benzene rings is 2. The highest BCUT2D eigenvalue weighted by atomic mass is 14.9. The molecule has 114 valence electrons. The zero-order valence-electron chi connectivity index (χ0n) is 13.5. The monoisotopic (exact) mass is 291 g/mol. The number of rotatable bonds is 5. The minimum absolute atomic E-state index is 0.361. The topological polar surface area (TPSA) is 12.0 Å². The molecule has 3 rings (SSSR count). The fraction of sp³-hybridized carbons (Fsp3) is 0.333. The maximum atomic E-state index is 3.59. The Morgan fingerprint density at radius 2 is 1.36 bits per heavy atom. The third-order valence-electron chi connectivity index (χ3n) is 4.94. The molecular formula is C21H25N. The van der Waals surface area contributed by atoms with Crippen molar-refractivity contribution in [2.45, 2.75) is 38.1 Å². The highest BCUT2D eigenvalue weighted by Gasteiger charge is 2.27. The van der Waals surface area contributed by atoms with Gasteiger partial charge in [-0.25, -0.2) is 0 Å². The van der Waals surface area contributed by atoms with Crippen molar-refractivity contribution in [2.75, 3.05) is 7.05 Å². The van der Waals surface area contributed by atoms with Gasteiger partial charge in [0.05, 0.1) is 0 Å². The molecule has 2 aromatic rings. The van der Waals surface area contributed by atoms with Crippen LogP contribution in [0.2, 0.25) is 0 Å². The van der Waals surface area contributed by atoms with Crippen molar-refractivity contribution >= 4 is 0 Å². The van der Waals surface area contributed by atoms with Gasteiger partial charge in [0.25, 0.3) is 0 Å². The van der Waals surface area contributed by atoms with Crippen LogP contribution in [0.3, 0.4) is 0 Å². The molecule has 1 aliphatic carbocycles. The number of likely N-dealkylation sites (N-methyl/N-ethyl adjacent to an activating group) is 1. The average molecular weight is 291 g/mol. The minimum Gasteiger partial charge on any atom is -0.312 e. The summed E-state index contributed by atoms with van der Waals surface area (Å²) in [6.45, 7) is 2.31. The van der Waals surface area contributed by atoms with E-state index in [9.17, 15) is 0 Å². The molecule has 1 heteroatoms. The van der Waals surface area contributed by atoms with E-state index < -0.39 is 0 Å². The van der Waals surface area contributed by atoms with E-state index in [0.29, 0.717) is 12.0 Å². The van der Waals surface area contributed by atoms with Crippen LogP contribution >= 0.6 is 0 Å². The lowest BCUT2D eigenvalue weighted by molar-refractivity contribution is 0.540. The molecule has 0 spiro atoms. The van der Waals surface area contributed by atoms with Crippen LogP contribution in [0, 0.1) is 0 Å². The summed E-state index contributed by atoms with van der Waals surface area (Å²) >= 11 is 0. The van der Waals surface area contributed by atoms with Gasteiger partial charge in [0.2, 0.25) is 0 Å². The summed E-state index contributed by atoms with van der Waals surface area (Å²) in [6, 6.07) is 22.1. The second kappa shape index (κ2) is 6.93. The van der Waals surface area contributed by atoms with Crippen molar-refractivity contribution in [1.82, 2.24) is 5.32 Å². The summed E-state index contributed by atoms with van der Waals surface area (Å²) in [4.78, 5) is 0. The Hall–Kier alpha value is -1.86. The molecule has 22 heavy (non-hydrogen) atoms. The summed E-state index contributed by atoms with van der Waals surface area (Å²) < 4.78 is 0. The summed E-state index contributed by atoms with van der Waals surface area (Å²) in [6.07, 6.45) is 3.91. The molecule has 1 saturated carbocycles. The first-order chi connectivity index (χ1) is 10.8. The number of hydrogen-bond donors (Lipinski definition) is 1. The van der Waals surface area contributed by atoms with Crippen molar-refractivity contribution in [3.63, 3.8) is 0 Å². The van der Waals surface area contributed by atoms with Gasteiger partial charge >= 0.3 is 0 Å². The first-order valence-corrected chi connectivity index (χ1v) is 8.27. The number of nitrogens with one attached hydrogen (secondary N) is 1. The molecule has 1 nitrogen and oxygen atoms in total. The van der Waals surface area contributed by atoms with Gasteiger partial charge in [-0.3, -0.25) is 0 Å². The molecule has 0 aliphatic heterocycles. The molecule has 1 atom stereocenters. The summed E-state index contributed by atoms with van der Waals surface area (Å²) in [7, 11) is 2.09. The van der Waals surface area contributed by atoms with E-state index in [1.807, 2.05) is 0 Å². The quantitative estimate of drug-likeness (QED) is 0.772. The van der Waals surface area contributed by atoms with Crippen molar-refractivity contribution in [2.24, 2.45) is 0 Å². The van der Waals surface area contributed by atoms with Crippen molar-refractivity contribution < 1.29 is 0 Å². The third kappa shape index (κ3) is 3.00. The van der Waals surface area contributed by atoms with Crippen LogP contribution in [0.15, 0.2) is 71.8 Å². The molecule has 0 saturated heterocycles. The lowest BCUT2D eigenvalue weighted by Crippen LogP contribution is -2.35. The Kier molecular flexibility index (Phi) is 4.74. The van der Waals surface area contributed by atoms with Gasteiger partial charge in [0, 0.05) is 12.0 Å². The third-order valence-corrected chi connectivity index (χ3v) is 4.94. The van der Waals surface area contributed by atoms with E-state index in [1.165, 1.54) is 36.0 Å². The van der Waals surface area contributed by atoms with Crippen LogP contribution in [0.25, 0.3) is 0 Å². The molecule has 0 aromatic heterocycles. The van der Waals surface area contributed by atoms with Gasteiger partial charge in [-0.1, -0.05) is 71.8 Å². The smallest absolute Gasteiger partial charge is 0.0387 e. The summed E-state index contributed by atoms with van der Waals surface area (Å²) in [5, 5.41) is 3.59. The molecule has 0 amide bonds. The van der Waals surface area contributed by atoms with Crippen LogP contribution in [0.4, 0.5) is 0 Å². The van der Waals surface area contributed by atoms with Gasteiger partial charge in [0.1, 0.15) is 0 Å². The molecule has 1 aliphatic rings. The first kappa shape index (κ1) is 15.1. The standard InChI is InChI=1S/C21H25N/c1-16(17-14-9-15-17)21(22-2)20(18-10-5-3-6-11-18)19-12-7-4-8-13-19/h3-8,10-13,20-22H,9,14-15H2,1-2H3/t21-/m1/s1. The average Bonchev–Trinajstić information content (AvgIpc) is 2.52. The van der Waals surface area contributed by atoms with E-state index in [2.05, 4.69) is 80.0 Å². The van der Waals surface area contributed by atoms with Gasteiger partial charge < -0.3 is 5.32 Å². The van der Waals surface area contributed by atoms with Crippen LogP contribution < -0.4 is 5.32 Å². The number of allylic oxidation sites excluding steroid dienone is 1. The fourth-order valence-corrected chi connectivity index (χ4v) is 3.50. The normalized spacial score (nSPS) is 15.5. The Labute approximate surface area is 134 Å². The Balaban J connectivity index is 2.04. The predicted octanol–water partition coefficient (Wildman–Crippen LogP) is 4.91. The van der Waals surface area contributed by atoms with E-state index in [1.54, 1.807) is 5.57 Å². The maximum Gasteiger partial charge on any atom is 0.0387 e. The second-order valence-electron chi connectivity index (χ2n) is 6.21. The molecule has 0 heterocycles. The molecule has 1 N–H and O–H groups in total. The van der Waals surface area contributed by atoms with Gasteiger partial charge in [0.15, 0.2) is 0 Å². The SMILES string of the molecule is CN[C@H](C(C)=C1CCC1)C(c1ccccc1)c1ccccc1. The van der Waals surface area contributed by atoms with E-state index in [4.69, 9.17) is 0 Å². The molecule has 0 unspecified atom stereocenters. The lowest BCUT2D eigenvalue weighted by Gasteiger charge is -2.32. The first-order valence-electron chi connectivity index (χ1n) is 8.27. The Bertz CT molecular complexity index is 582.